The van der Waals surface area contributed by atoms with Gasteiger partial charge in [0.2, 0.25) is 0 Å². The number of nitrogens with zero attached hydrogens (tertiary/aromatic N) is 2. The van der Waals surface area contributed by atoms with E-state index in [9.17, 15) is 0 Å². The van der Waals surface area contributed by atoms with Gasteiger partial charge in [0, 0.05) is 32.9 Å². The SMILES string of the molecule is C=C(C)/C=C(/CC)N(C)C.C=O.C=O.CC(C)CN(C)CC(C)C.Cc1ccc2ccccc2c1. The van der Waals surface area contributed by atoms with Crippen LogP contribution in [-0.4, -0.2) is 57.6 Å². The molecule has 0 bridgehead atoms. The van der Waals surface area contributed by atoms with Gasteiger partial charge in [-0.25, -0.2) is 0 Å². The standard InChI is InChI=1S/C11H10.C9H21N.C9H17N.2CH2O/c1-9-6-7-10-4-2-3-5-11(10)8-9;1-8(2)6-10(5)7-9(3)4;1-6-9(10(4)5)7-8(2)3;2*1-2/h2-8H,1H3;8-9H,6-7H2,1-5H3;7H,2,6H2,1,3-5H3;2*1H2/b;;9-7-;;. The maximum absolute atomic E-state index is 8.00. The van der Waals surface area contributed by atoms with Crippen molar-refractivity contribution in [1.82, 2.24) is 9.80 Å². The summed E-state index contributed by atoms with van der Waals surface area (Å²) in [5, 5.41) is 2.64. The van der Waals surface area contributed by atoms with E-state index in [1.807, 2.05) is 20.5 Å². The molecule has 0 saturated carbocycles. The minimum absolute atomic E-state index is 0.795. The predicted molar refractivity (Wildman–Crippen MR) is 157 cm³/mol. The minimum Gasteiger partial charge on any atom is -0.381 e. The second kappa shape index (κ2) is 23.0. The fraction of sp³-hybridized carbons (Fsp3) is 0.484. The van der Waals surface area contributed by atoms with Gasteiger partial charge in [-0.3, -0.25) is 0 Å². The molecule has 0 saturated heterocycles. The van der Waals surface area contributed by atoms with Crippen molar-refractivity contribution in [2.24, 2.45) is 11.8 Å². The minimum atomic E-state index is 0.795. The largest absolute Gasteiger partial charge is 0.381 e. The van der Waals surface area contributed by atoms with Crippen molar-refractivity contribution in [2.45, 2.75) is 54.9 Å². The van der Waals surface area contributed by atoms with Crippen LogP contribution in [0, 0.1) is 18.8 Å². The number of carbonyl (C=O) groups is 2. The van der Waals surface area contributed by atoms with Crippen LogP contribution in [0.25, 0.3) is 10.8 Å². The lowest BCUT2D eigenvalue weighted by molar-refractivity contribution is -0.0987. The van der Waals surface area contributed by atoms with Gasteiger partial charge in [-0.2, -0.15) is 0 Å². The van der Waals surface area contributed by atoms with E-state index < -0.39 is 0 Å². The highest BCUT2D eigenvalue weighted by atomic mass is 16.1. The zero-order chi connectivity index (χ0) is 28.0. The number of rotatable bonds is 7. The first-order valence-electron chi connectivity index (χ1n) is 12.2. The van der Waals surface area contributed by atoms with Crippen LogP contribution in [0.1, 0.15) is 53.5 Å². The summed E-state index contributed by atoms with van der Waals surface area (Å²) < 4.78 is 0. The summed E-state index contributed by atoms with van der Waals surface area (Å²) in [6.45, 7) is 25.6. The lowest BCUT2D eigenvalue weighted by Crippen LogP contribution is -2.27. The molecule has 0 aliphatic rings. The fourth-order valence-electron chi connectivity index (χ4n) is 3.46. The van der Waals surface area contributed by atoms with Crippen LogP contribution in [0.2, 0.25) is 0 Å². The number of hydrogen-bond donors (Lipinski definition) is 0. The average Bonchev–Trinajstić information content (AvgIpc) is 2.79. The highest BCUT2D eigenvalue weighted by Gasteiger charge is 2.02. The first kappa shape index (κ1) is 36.8. The number of allylic oxidation sites excluding steroid dienone is 3. The maximum Gasteiger partial charge on any atom is 0.106 e. The van der Waals surface area contributed by atoms with Gasteiger partial charge in [-0.05, 0) is 56.0 Å². The molecule has 0 amide bonds. The van der Waals surface area contributed by atoms with Crippen molar-refractivity contribution in [3.05, 3.63) is 72.0 Å². The van der Waals surface area contributed by atoms with E-state index in [1.54, 1.807) is 0 Å². The van der Waals surface area contributed by atoms with Crippen LogP contribution in [-0.2, 0) is 9.59 Å². The Bertz CT molecular complexity index is 814. The Morgan fingerprint density at radius 3 is 1.66 bits per heavy atom. The molecule has 0 aromatic heterocycles. The molecule has 0 fully saturated rings. The van der Waals surface area contributed by atoms with Crippen molar-refractivity contribution in [3.63, 3.8) is 0 Å². The van der Waals surface area contributed by atoms with E-state index in [-0.39, 0.29) is 0 Å². The second-order valence-corrected chi connectivity index (χ2v) is 9.59. The molecule has 0 unspecified atom stereocenters. The Kier molecular flexibility index (Phi) is 24.3. The van der Waals surface area contributed by atoms with E-state index in [0.717, 1.165) is 23.8 Å². The summed E-state index contributed by atoms with van der Waals surface area (Å²) in [7, 11) is 6.30. The molecule has 0 N–H and O–H groups in total. The Hall–Kier alpha value is -2.72. The molecule has 35 heavy (non-hydrogen) atoms. The van der Waals surface area contributed by atoms with Crippen LogP contribution < -0.4 is 0 Å². The molecule has 0 heterocycles. The van der Waals surface area contributed by atoms with Crippen molar-refractivity contribution >= 4 is 24.4 Å². The molecule has 4 nitrogen and oxygen atoms in total. The van der Waals surface area contributed by atoms with E-state index in [0.29, 0.717) is 0 Å². The van der Waals surface area contributed by atoms with Gasteiger partial charge in [0.05, 0.1) is 0 Å². The van der Waals surface area contributed by atoms with Gasteiger partial charge < -0.3 is 19.4 Å². The third-order valence-corrected chi connectivity index (χ3v) is 4.61. The molecule has 0 aliphatic carbocycles. The van der Waals surface area contributed by atoms with Crippen LogP contribution in [0.15, 0.2) is 66.4 Å². The van der Waals surface area contributed by atoms with Crippen LogP contribution in [0.4, 0.5) is 0 Å². The number of aryl methyl sites for hydroxylation is 1. The van der Waals surface area contributed by atoms with Crippen LogP contribution >= 0.6 is 0 Å². The molecule has 2 aromatic carbocycles. The second-order valence-electron chi connectivity index (χ2n) is 9.59. The van der Waals surface area contributed by atoms with Crippen LogP contribution in [0.3, 0.4) is 0 Å². The van der Waals surface area contributed by atoms with E-state index in [2.05, 4.69) is 128 Å². The average molecular weight is 485 g/mol. The zero-order valence-corrected chi connectivity index (χ0v) is 24.2. The molecule has 2 aromatic rings. The smallest absolute Gasteiger partial charge is 0.106 e. The highest BCUT2D eigenvalue weighted by molar-refractivity contribution is 5.82. The van der Waals surface area contributed by atoms with Crippen molar-refractivity contribution < 1.29 is 9.59 Å². The summed E-state index contributed by atoms with van der Waals surface area (Å²) in [4.78, 5) is 20.5. The van der Waals surface area contributed by atoms with Crippen LogP contribution in [0.5, 0.6) is 0 Å². The molecule has 0 spiro atoms. The van der Waals surface area contributed by atoms with E-state index >= 15 is 0 Å². The third kappa shape index (κ3) is 21.5. The summed E-state index contributed by atoms with van der Waals surface area (Å²) in [5.74, 6) is 1.59. The molecule has 198 valence electrons. The number of carbonyl (C=O) groups excluding carboxylic acids is 2. The molecule has 0 aliphatic heterocycles. The Labute approximate surface area is 216 Å². The monoisotopic (exact) mass is 484 g/mol. The Balaban J connectivity index is -0.000000410. The molecular formula is C31H52N2O2. The van der Waals surface area contributed by atoms with Crippen molar-refractivity contribution in [2.75, 3.05) is 34.2 Å². The lowest BCUT2D eigenvalue weighted by Gasteiger charge is -2.20. The van der Waals surface area contributed by atoms with Gasteiger partial charge in [0.15, 0.2) is 0 Å². The van der Waals surface area contributed by atoms with Gasteiger partial charge in [0.1, 0.15) is 13.6 Å². The van der Waals surface area contributed by atoms with Crippen molar-refractivity contribution in [3.8, 4) is 0 Å². The first-order valence-corrected chi connectivity index (χ1v) is 12.2. The molecule has 0 atom stereocenters. The summed E-state index contributed by atoms with van der Waals surface area (Å²) in [6, 6.07) is 14.9. The van der Waals surface area contributed by atoms with Gasteiger partial charge in [-0.1, -0.05) is 94.8 Å². The molecule has 0 radical (unpaired) electrons. The van der Waals surface area contributed by atoms with Gasteiger partial charge >= 0.3 is 0 Å². The first-order chi connectivity index (χ1) is 16.5. The quantitative estimate of drug-likeness (QED) is 0.383. The summed E-state index contributed by atoms with van der Waals surface area (Å²) in [6.07, 6.45) is 3.18. The Morgan fingerprint density at radius 2 is 1.31 bits per heavy atom. The number of benzene rings is 2. The van der Waals surface area contributed by atoms with E-state index in [4.69, 9.17) is 9.59 Å². The molecule has 4 heteroatoms. The molecule has 2 rings (SSSR count). The highest BCUT2D eigenvalue weighted by Crippen LogP contribution is 2.14. The summed E-state index contributed by atoms with van der Waals surface area (Å²) in [5.41, 5.74) is 3.77. The molecular weight excluding hydrogens is 432 g/mol. The fourth-order valence-corrected chi connectivity index (χ4v) is 3.46. The maximum atomic E-state index is 8.00. The van der Waals surface area contributed by atoms with E-state index in [1.165, 1.54) is 35.1 Å². The lowest BCUT2D eigenvalue weighted by atomic mass is 10.1. The third-order valence-electron chi connectivity index (χ3n) is 4.61. The normalized spacial score (nSPS) is 10.1. The number of fused-ring (bicyclic) bond motifs is 1. The Morgan fingerprint density at radius 1 is 0.857 bits per heavy atom. The van der Waals surface area contributed by atoms with Crippen molar-refractivity contribution in [1.29, 1.82) is 0 Å². The zero-order valence-electron chi connectivity index (χ0n) is 24.2. The predicted octanol–water partition coefficient (Wildman–Crippen LogP) is 7.43. The summed E-state index contributed by atoms with van der Waals surface area (Å²) >= 11 is 0. The van der Waals surface area contributed by atoms with Gasteiger partial charge in [-0.15, -0.1) is 0 Å². The number of hydrogen-bond acceptors (Lipinski definition) is 4. The van der Waals surface area contributed by atoms with Gasteiger partial charge in [0.25, 0.3) is 0 Å². The topological polar surface area (TPSA) is 40.6 Å².